The van der Waals surface area contributed by atoms with E-state index in [1.165, 1.54) is 5.56 Å². The number of alkyl halides is 1. The monoisotopic (exact) mass is 321 g/mol. The molecule has 0 N–H and O–H groups in total. The number of rotatable bonds is 5. The first kappa shape index (κ1) is 13.9. The molecular formula is C15H16BrNO2. The van der Waals surface area contributed by atoms with Gasteiger partial charge >= 0.3 is 0 Å². The Balaban J connectivity index is 2.21. The maximum Gasteiger partial charge on any atom is 0.219 e. The minimum atomic E-state index is 0.562. The third-order valence-electron chi connectivity index (χ3n) is 2.80. The first-order chi connectivity index (χ1) is 9.26. The van der Waals surface area contributed by atoms with Gasteiger partial charge in [-0.1, -0.05) is 35.0 Å². The lowest BCUT2D eigenvalue weighted by Crippen LogP contribution is -1.94. The molecule has 1 aromatic carbocycles. The zero-order chi connectivity index (χ0) is 13.7. The van der Waals surface area contributed by atoms with Gasteiger partial charge in [0.2, 0.25) is 5.88 Å². The summed E-state index contributed by atoms with van der Waals surface area (Å²) in [5.41, 5.74) is 2.33. The van der Waals surface area contributed by atoms with E-state index in [0.717, 1.165) is 23.1 Å². The highest BCUT2D eigenvalue weighted by molar-refractivity contribution is 9.08. The number of aromatic nitrogens is 1. The van der Waals surface area contributed by atoms with Gasteiger partial charge in [0, 0.05) is 17.6 Å². The van der Waals surface area contributed by atoms with Gasteiger partial charge in [-0.05, 0) is 29.7 Å². The van der Waals surface area contributed by atoms with Crippen LogP contribution in [-0.4, -0.2) is 12.1 Å². The Morgan fingerprint density at radius 2 is 1.89 bits per heavy atom. The van der Waals surface area contributed by atoms with Crippen molar-refractivity contribution in [2.24, 2.45) is 0 Å². The summed E-state index contributed by atoms with van der Waals surface area (Å²) in [6, 6.07) is 9.76. The number of ether oxygens (including phenoxy) is 2. The van der Waals surface area contributed by atoms with Crippen molar-refractivity contribution < 1.29 is 9.47 Å². The smallest absolute Gasteiger partial charge is 0.219 e. The van der Waals surface area contributed by atoms with Crippen LogP contribution in [0.3, 0.4) is 0 Å². The zero-order valence-corrected chi connectivity index (χ0v) is 12.6. The van der Waals surface area contributed by atoms with Crippen LogP contribution in [0.25, 0.3) is 0 Å². The molecule has 0 aliphatic rings. The van der Waals surface area contributed by atoms with Gasteiger partial charge < -0.3 is 9.47 Å². The van der Waals surface area contributed by atoms with E-state index in [1.807, 2.05) is 30.3 Å². The number of pyridine rings is 1. The lowest BCUT2D eigenvalue weighted by molar-refractivity contribution is 0.373. The van der Waals surface area contributed by atoms with E-state index >= 15 is 0 Å². The quantitative estimate of drug-likeness (QED) is 0.767. The predicted molar refractivity (Wildman–Crippen MR) is 79.3 cm³/mol. The number of nitrogens with zero attached hydrogens (tertiary/aromatic N) is 1. The second-order valence-corrected chi connectivity index (χ2v) is 4.64. The number of benzene rings is 1. The van der Waals surface area contributed by atoms with Crippen LogP contribution in [0.1, 0.15) is 18.1 Å². The molecule has 0 atom stereocenters. The van der Waals surface area contributed by atoms with Gasteiger partial charge in [0.1, 0.15) is 0 Å². The topological polar surface area (TPSA) is 31.4 Å². The van der Waals surface area contributed by atoms with Crippen LogP contribution in [0.4, 0.5) is 0 Å². The van der Waals surface area contributed by atoms with E-state index in [-0.39, 0.29) is 0 Å². The average Bonchev–Trinajstić information content (AvgIpc) is 2.48. The molecule has 0 aliphatic heterocycles. The van der Waals surface area contributed by atoms with Crippen molar-refractivity contribution in [1.82, 2.24) is 4.98 Å². The molecule has 1 heterocycles. The Kier molecular flexibility index (Phi) is 4.80. The molecule has 0 unspecified atom stereocenters. The van der Waals surface area contributed by atoms with Gasteiger partial charge in [-0.2, -0.15) is 0 Å². The molecule has 0 amide bonds. The van der Waals surface area contributed by atoms with Crippen LogP contribution in [0.2, 0.25) is 0 Å². The van der Waals surface area contributed by atoms with Crippen LogP contribution in [0.15, 0.2) is 36.5 Å². The van der Waals surface area contributed by atoms with E-state index in [2.05, 4.69) is 27.8 Å². The maximum atomic E-state index is 5.75. The Morgan fingerprint density at radius 3 is 2.47 bits per heavy atom. The Hall–Kier alpha value is -1.55. The van der Waals surface area contributed by atoms with Gasteiger partial charge in [-0.3, -0.25) is 0 Å². The van der Waals surface area contributed by atoms with Crippen molar-refractivity contribution in [3.63, 3.8) is 0 Å². The number of halogens is 1. The molecular weight excluding hydrogens is 306 g/mol. The molecule has 0 radical (unpaired) electrons. The van der Waals surface area contributed by atoms with Crippen LogP contribution in [-0.2, 0) is 11.8 Å². The molecule has 1 aromatic heterocycles. The van der Waals surface area contributed by atoms with E-state index in [0.29, 0.717) is 11.6 Å². The van der Waals surface area contributed by atoms with E-state index in [1.54, 1.807) is 13.3 Å². The van der Waals surface area contributed by atoms with Crippen LogP contribution < -0.4 is 9.47 Å². The fourth-order valence-corrected chi connectivity index (χ4v) is 2.01. The number of hydrogen-bond donors (Lipinski definition) is 0. The van der Waals surface area contributed by atoms with Crippen molar-refractivity contribution in [2.45, 2.75) is 18.7 Å². The Bertz CT molecular complexity index is 540. The standard InChI is InChI=1S/C15H16BrNO2/c1-3-11-4-6-13(14(8-11)18-2)19-15-7-5-12(9-16)10-17-15/h4-8,10H,3,9H2,1-2H3. The molecule has 4 heteroatoms. The molecule has 0 bridgehead atoms. The summed E-state index contributed by atoms with van der Waals surface area (Å²) in [6.45, 7) is 2.11. The van der Waals surface area contributed by atoms with E-state index in [4.69, 9.17) is 9.47 Å². The van der Waals surface area contributed by atoms with E-state index in [9.17, 15) is 0 Å². The Morgan fingerprint density at radius 1 is 1.11 bits per heavy atom. The molecule has 0 fully saturated rings. The van der Waals surface area contributed by atoms with Crippen molar-refractivity contribution in [3.8, 4) is 17.4 Å². The van der Waals surface area contributed by atoms with Crippen LogP contribution >= 0.6 is 15.9 Å². The fraction of sp³-hybridized carbons (Fsp3) is 0.267. The Labute approximate surface area is 121 Å². The summed E-state index contributed by atoms with van der Waals surface area (Å²) in [6.07, 6.45) is 2.76. The second kappa shape index (κ2) is 6.57. The highest BCUT2D eigenvalue weighted by Crippen LogP contribution is 2.31. The highest BCUT2D eigenvalue weighted by Gasteiger charge is 2.07. The number of hydrogen-bond acceptors (Lipinski definition) is 3. The van der Waals surface area contributed by atoms with Gasteiger partial charge in [0.05, 0.1) is 7.11 Å². The fourth-order valence-electron chi connectivity index (χ4n) is 1.68. The first-order valence-electron chi connectivity index (χ1n) is 6.12. The maximum absolute atomic E-state index is 5.75. The third-order valence-corrected chi connectivity index (χ3v) is 3.45. The van der Waals surface area contributed by atoms with Gasteiger partial charge in [-0.25, -0.2) is 4.98 Å². The summed E-state index contributed by atoms with van der Waals surface area (Å²) >= 11 is 3.39. The minimum Gasteiger partial charge on any atom is -0.493 e. The van der Waals surface area contributed by atoms with Crippen molar-refractivity contribution in [3.05, 3.63) is 47.7 Å². The number of aryl methyl sites for hydroxylation is 1. The molecule has 3 nitrogen and oxygen atoms in total. The van der Waals surface area contributed by atoms with Crippen LogP contribution in [0.5, 0.6) is 17.4 Å². The second-order valence-electron chi connectivity index (χ2n) is 4.08. The lowest BCUT2D eigenvalue weighted by atomic mass is 10.1. The molecule has 2 rings (SSSR count). The predicted octanol–water partition coefficient (Wildman–Crippen LogP) is 4.34. The number of methoxy groups -OCH3 is 1. The third kappa shape index (κ3) is 3.47. The SMILES string of the molecule is CCc1ccc(Oc2ccc(CBr)cn2)c(OC)c1. The normalized spacial score (nSPS) is 10.3. The van der Waals surface area contributed by atoms with Crippen LogP contribution in [0, 0.1) is 0 Å². The van der Waals surface area contributed by atoms with Crippen molar-refractivity contribution >= 4 is 15.9 Å². The summed E-state index contributed by atoms with van der Waals surface area (Å²) in [5, 5.41) is 0.787. The van der Waals surface area contributed by atoms with Gasteiger partial charge in [-0.15, -0.1) is 0 Å². The summed E-state index contributed by atoms with van der Waals surface area (Å²) in [7, 11) is 1.64. The minimum absolute atomic E-state index is 0.562. The molecule has 0 aliphatic carbocycles. The molecule has 2 aromatic rings. The van der Waals surface area contributed by atoms with E-state index < -0.39 is 0 Å². The zero-order valence-electron chi connectivity index (χ0n) is 11.0. The molecule has 0 saturated heterocycles. The first-order valence-corrected chi connectivity index (χ1v) is 7.24. The lowest BCUT2D eigenvalue weighted by Gasteiger charge is -2.11. The largest absolute Gasteiger partial charge is 0.493 e. The molecule has 100 valence electrons. The van der Waals surface area contributed by atoms with Crippen molar-refractivity contribution in [2.75, 3.05) is 7.11 Å². The molecule has 19 heavy (non-hydrogen) atoms. The van der Waals surface area contributed by atoms with Gasteiger partial charge in [0.15, 0.2) is 11.5 Å². The molecule has 0 spiro atoms. The van der Waals surface area contributed by atoms with Gasteiger partial charge in [0.25, 0.3) is 0 Å². The summed E-state index contributed by atoms with van der Waals surface area (Å²) < 4.78 is 11.1. The van der Waals surface area contributed by atoms with Crippen molar-refractivity contribution in [1.29, 1.82) is 0 Å². The summed E-state index contributed by atoms with van der Waals surface area (Å²) in [4.78, 5) is 4.26. The highest BCUT2D eigenvalue weighted by atomic mass is 79.9. The average molecular weight is 322 g/mol. The molecule has 0 saturated carbocycles. The summed E-state index contributed by atoms with van der Waals surface area (Å²) in [5.74, 6) is 1.97.